The number of fused-ring (bicyclic) bond motifs is 2. The van der Waals surface area contributed by atoms with Gasteiger partial charge in [-0.25, -0.2) is 8.78 Å². The van der Waals surface area contributed by atoms with E-state index in [0.717, 1.165) is 12.5 Å². The van der Waals surface area contributed by atoms with Crippen molar-refractivity contribution in [1.82, 2.24) is 9.88 Å². The second-order valence-electron chi connectivity index (χ2n) is 8.33. The Morgan fingerprint density at radius 1 is 1.29 bits per heavy atom. The zero-order valence-electron chi connectivity index (χ0n) is 17.1. The van der Waals surface area contributed by atoms with Crippen molar-refractivity contribution in [3.8, 4) is 5.75 Å². The quantitative estimate of drug-likeness (QED) is 0.774. The van der Waals surface area contributed by atoms with E-state index in [1.165, 1.54) is 23.9 Å². The van der Waals surface area contributed by atoms with Crippen LogP contribution in [0.3, 0.4) is 0 Å². The van der Waals surface area contributed by atoms with Gasteiger partial charge in [-0.05, 0) is 32.3 Å². The number of benzene rings is 1. The van der Waals surface area contributed by atoms with Crippen LogP contribution in [0.4, 0.5) is 8.78 Å². The van der Waals surface area contributed by atoms with Gasteiger partial charge in [-0.3, -0.25) is 14.4 Å². The normalized spacial score (nSPS) is 24.6. The smallest absolute Gasteiger partial charge is 0.257 e. The van der Waals surface area contributed by atoms with E-state index in [9.17, 15) is 28.3 Å². The summed E-state index contributed by atoms with van der Waals surface area (Å²) in [5, 5.41) is 12.9. The van der Waals surface area contributed by atoms with Crippen molar-refractivity contribution in [2.75, 3.05) is 7.11 Å². The summed E-state index contributed by atoms with van der Waals surface area (Å²) in [6.45, 7) is 1.69. The Morgan fingerprint density at radius 2 is 2.03 bits per heavy atom. The predicted molar refractivity (Wildman–Crippen MR) is 106 cm³/mol. The summed E-state index contributed by atoms with van der Waals surface area (Å²) >= 11 is 0. The van der Waals surface area contributed by atoms with E-state index in [-0.39, 0.29) is 29.9 Å². The summed E-state index contributed by atoms with van der Waals surface area (Å²) in [7, 11) is 1.52. The Morgan fingerprint density at radius 3 is 2.71 bits per heavy atom. The lowest BCUT2D eigenvalue weighted by molar-refractivity contribution is -0.0892. The molecule has 7 nitrogen and oxygen atoms in total. The van der Waals surface area contributed by atoms with Crippen LogP contribution in [0.5, 0.6) is 5.75 Å². The lowest BCUT2D eigenvalue weighted by atomic mass is 9.69. The molecule has 0 saturated heterocycles. The standard InChI is InChI=1S/C22H22F2N2O5/c1-21-6-3-7-22(21,31-2)11-26-10-14(17(27)18(28)16(26)19(21)29)20(30)25-9-12-4-5-13(23)8-15(12)24/h4-5,8,10,28H,3,6-7,9,11H2,1-2H3,(H,25,30). The number of carbonyl (C=O) groups is 2. The van der Waals surface area contributed by atoms with Crippen LogP contribution in [-0.4, -0.2) is 34.1 Å². The van der Waals surface area contributed by atoms with Gasteiger partial charge in [0.25, 0.3) is 5.91 Å². The second-order valence-corrected chi connectivity index (χ2v) is 8.33. The molecule has 1 aromatic carbocycles. The minimum atomic E-state index is -0.983. The number of hydrogen-bond donors (Lipinski definition) is 2. The molecule has 31 heavy (non-hydrogen) atoms. The van der Waals surface area contributed by atoms with Gasteiger partial charge in [0.15, 0.2) is 11.5 Å². The van der Waals surface area contributed by atoms with Crippen LogP contribution in [0.15, 0.2) is 29.2 Å². The molecule has 1 aliphatic heterocycles. The number of rotatable bonds is 4. The second kappa shape index (κ2) is 7.26. The monoisotopic (exact) mass is 432 g/mol. The zero-order chi connectivity index (χ0) is 22.6. The Balaban J connectivity index is 1.69. The summed E-state index contributed by atoms with van der Waals surface area (Å²) in [6, 6.07) is 2.93. The molecule has 2 aromatic rings. The van der Waals surface area contributed by atoms with Crippen molar-refractivity contribution in [1.29, 1.82) is 0 Å². The number of aromatic nitrogens is 1. The minimum absolute atomic E-state index is 0.0345. The van der Waals surface area contributed by atoms with Crippen molar-refractivity contribution in [3.05, 3.63) is 63.1 Å². The van der Waals surface area contributed by atoms with Crippen molar-refractivity contribution < 1.29 is 28.2 Å². The maximum absolute atomic E-state index is 13.8. The topological polar surface area (TPSA) is 97.6 Å². The molecule has 0 bridgehead atoms. The molecule has 164 valence electrons. The number of aromatic hydroxyl groups is 1. The van der Waals surface area contributed by atoms with Crippen LogP contribution in [-0.2, 0) is 17.8 Å². The lowest BCUT2D eigenvalue weighted by Gasteiger charge is -2.46. The summed E-state index contributed by atoms with van der Waals surface area (Å²) in [5.41, 5.74) is -3.15. The fraction of sp³-hybridized carbons (Fsp3) is 0.409. The highest BCUT2D eigenvalue weighted by Gasteiger charge is 2.60. The van der Waals surface area contributed by atoms with Gasteiger partial charge in [0.1, 0.15) is 22.9 Å². The van der Waals surface area contributed by atoms with E-state index in [1.807, 2.05) is 0 Å². The number of nitrogens with zero attached hydrogens (tertiary/aromatic N) is 1. The van der Waals surface area contributed by atoms with Gasteiger partial charge in [-0.15, -0.1) is 0 Å². The molecule has 2 aliphatic rings. The number of nitrogens with one attached hydrogen (secondary N) is 1. The molecule has 0 spiro atoms. The number of ketones is 1. The van der Waals surface area contributed by atoms with Crippen molar-refractivity contribution >= 4 is 11.7 Å². The van der Waals surface area contributed by atoms with Crippen LogP contribution >= 0.6 is 0 Å². The number of carbonyl (C=O) groups excluding carboxylic acids is 2. The minimum Gasteiger partial charge on any atom is -0.503 e. The molecule has 1 fully saturated rings. The Kier molecular flexibility index (Phi) is 4.96. The van der Waals surface area contributed by atoms with E-state index in [0.29, 0.717) is 18.9 Å². The van der Waals surface area contributed by atoms with Crippen LogP contribution in [0, 0.1) is 17.0 Å². The van der Waals surface area contributed by atoms with E-state index in [2.05, 4.69) is 5.32 Å². The summed E-state index contributed by atoms with van der Waals surface area (Å²) < 4.78 is 34.0. The van der Waals surface area contributed by atoms with Gasteiger partial charge in [0.2, 0.25) is 5.43 Å². The van der Waals surface area contributed by atoms with Gasteiger partial charge in [0.05, 0.1) is 17.6 Å². The number of methoxy groups -OCH3 is 1. The number of amides is 1. The Hall–Kier alpha value is -3.07. The fourth-order valence-electron chi connectivity index (χ4n) is 4.84. The molecule has 1 saturated carbocycles. The number of halogens is 2. The van der Waals surface area contributed by atoms with E-state index >= 15 is 0 Å². The summed E-state index contributed by atoms with van der Waals surface area (Å²) in [4.78, 5) is 38.5. The predicted octanol–water partition coefficient (Wildman–Crippen LogP) is 2.53. The number of Topliss-reactive ketones (excluding diaryl/α,β-unsaturated/α-hetero) is 1. The molecule has 0 radical (unpaired) electrons. The zero-order valence-corrected chi connectivity index (χ0v) is 17.1. The molecule has 4 rings (SSSR count). The SMILES string of the molecule is COC12CCCC1(C)C(=O)c1c(O)c(=O)c(C(=O)NCc3ccc(F)cc3F)cn1C2. The molecule has 2 unspecified atom stereocenters. The Bertz CT molecular complexity index is 1160. The average molecular weight is 432 g/mol. The summed E-state index contributed by atoms with van der Waals surface area (Å²) in [6.07, 6.45) is 3.18. The van der Waals surface area contributed by atoms with Gasteiger partial charge in [0, 0.05) is 31.5 Å². The molecule has 1 amide bonds. The average Bonchev–Trinajstić information content (AvgIpc) is 3.07. The third-order valence-electron chi connectivity index (χ3n) is 6.75. The Labute approximate surface area is 176 Å². The van der Waals surface area contributed by atoms with Crippen molar-refractivity contribution in [2.45, 2.75) is 44.9 Å². The molecule has 1 aromatic heterocycles. The van der Waals surface area contributed by atoms with Crippen LogP contribution < -0.4 is 10.7 Å². The number of hydrogen-bond acceptors (Lipinski definition) is 5. The highest BCUT2D eigenvalue weighted by atomic mass is 19.1. The first kappa shape index (κ1) is 21.2. The largest absolute Gasteiger partial charge is 0.503 e. The third kappa shape index (κ3) is 3.06. The molecular weight excluding hydrogens is 410 g/mol. The molecule has 1 aliphatic carbocycles. The van der Waals surface area contributed by atoms with E-state index in [4.69, 9.17) is 4.74 Å². The van der Waals surface area contributed by atoms with Crippen molar-refractivity contribution in [3.63, 3.8) is 0 Å². The first-order chi connectivity index (χ1) is 14.6. The fourth-order valence-corrected chi connectivity index (χ4v) is 4.84. The maximum Gasteiger partial charge on any atom is 0.257 e. The van der Waals surface area contributed by atoms with Crippen molar-refractivity contribution in [2.24, 2.45) is 5.41 Å². The lowest BCUT2D eigenvalue weighted by Crippen LogP contribution is -2.56. The van der Waals surface area contributed by atoms with E-state index in [1.54, 1.807) is 6.92 Å². The summed E-state index contributed by atoms with van der Waals surface area (Å²) in [5.74, 6) is -3.62. The highest BCUT2D eigenvalue weighted by molar-refractivity contribution is 6.04. The van der Waals surface area contributed by atoms with Gasteiger partial charge >= 0.3 is 0 Å². The number of ether oxygens (including phenoxy) is 1. The third-order valence-corrected chi connectivity index (χ3v) is 6.75. The maximum atomic E-state index is 13.8. The molecular formula is C22H22F2N2O5. The first-order valence-corrected chi connectivity index (χ1v) is 9.92. The van der Waals surface area contributed by atoms with Crippen LogP contribution in [0.1, 0.15) is 52.6 Å². The van der Waals surface area contributed by atoms with Gasteiger partial charge in [-0.1, -0.05) is 6.07 Å². The van der Waals surface area contributed by atoms with Gasteiger partial charge in [-0.2, -0.15) is 0 Å². The number of pyridine rings is 1. The van der Waals surface area contributed by atoms with Crippen LogP contribution in [0.2, 0.25) is 0 Å². The van der Waals surface area contributed by atoms with Gasteiger partial charge < -0.3 is 19.7 Å². The van der Waals surface area contributed by atoms with E-state index < -0.39 is 45.5 Å². The van der Waals surface area contributed by atoms with Crippen LogP contribution in [0.25, 0.3) is 0 Å². The highest BCUT2D eigenvalue weighted by Crippen LogP contribution is 2.54. The molecule has 9 heteroatoms. The molecule has 2 heterocycles. The first-order valence-electron chi connectivity index (χ1n) is 9.92. The molecule has 2 atom stereocenters. The molecule has 2 N–H and O–H groups in total.